The molecule has 2 N–H and O–H groups in total. The predicted molar refractivity (Wildman–Crippen MR) is 84.0 cm³/mol. The number of ether oxygens (including phenoxy) is 1. The molecule has 0 saturated carbocycles. The van der Waals surface area contributed by atoms with Crippen molar-refractivity contribution in [3.63, 3.8) is 0 Å². The van der Waals surface area contributed by atoms with E-state index in [1.165, 1.54) is 16.7 Å². The van der Waals surface area contributed by atoms with Crippen LogP contribution in [0.15, 0.2) is 18.2 Å². The van der Waals surface area contributed by atoms with Crippen LogP contribution < -0.4 is 5.73 Å². The van der Waals surface area contributed by atoms with Gasteiger partial charge in [0.25, 0.3) is 0 Å². The van der Waals surface area contributed by atoms with Crippen LogP contribution in [-0.4, -0.2) is 42.8 Å². The Kier molecular flexibility index (Phi) is 5.19. The molecule has 2 rings (SSSR count). The normalized spacial score (nSPS) is 22.2. The van der Waals surface area contributed by atoms with Crippen molar-refractivity contribution in [2.75, 3.05) is 19.7 Å². The average molecular weight is 276 g/mol. The number of aryl methyl sites for hydroxylation is 2. The van der Waals surface area contributed by atoms with E-state index in [1.54, 1.807) is 0 Å². The van der Waals surface area contributed by atoms with E-state index in [2.05, 4.69) is 50.8 Å². The summed E-state index contributed by atoms with van der Waals surface area (Å²) in [6.07, 6.45) is 1.04. The van der Waals surface area contributed by atoms with Gasteiger partial charge in [-0.2, -0.15) is 0 Å². The molecule has 1 aromatic carbocycles. The monoisotopic (exact) mass is 276 g/mol. The molecule has 2 atom stereocenters. The van der Waals surface area contributed by atoms with Crippen LogP contribution in [0.1, 0.15) is 30.5 Å². The predicted octanol–water partition coefficient (Wildman–Crippen LogP) is 2.28. The standard InChI is InChI=1S/C17H28N2O/c1-12(2)19-7-8-20-17(11-19)16(18)10-15-9-13(3)5-6-14(15)4/h5-6,9,12,16-17H,7-8,10-11,18H2,1-4H3. The zero-order valence-corrected chi connectivity index (χ0v) is 13.2. The van der Waals surface area contributed by atoms with Gasteiger partial charge in [0.2, 0.25) is 0 Å². The maximum Gasteiger partial charge on any atom is 0.0856 e. The summed E-state index contributed by atoms with van der Waals surface area (Å²) < 4.78 is 5.90. The molecule has 20 heavy (non-hydrogen) atoms. The summed E-state index contributed by atoms with van der Waals surface area (Å²) in [5.74, 6) is 0. The van der Waals surface area contributed by atoms with Gasteiger partial charge >= 0.3 is 0 Å². The Morgan fingerprint density at radius 2 is 2.10 bits per heavy atom. The molecule has 0 radical (unpaired) electrons. The molecule has 3 heteroatoms. The maximum absolute atomic E-state index is 6.41. The lowest BCUT2D eigenvalue weighted by Gasteiger charge is -2.38. The zero-order chi connectivity index (χ0) is 14.7. The molecule has 112 valence electrons. The molecule has 3 nitrogen and oxygen atoms in total. The fraction of sp³-hybridized carbons (Fsp3) is 0.647. The summed E-state index contributed by atoms with van der Waals surface area (Å²) in [6.45, 7) is 11.5. The summed E-state index contributed by atoms with van der Waals surface area (Å²) in [5, 5.41) is 0. The molecule has 0 amide bonds. The van der Waals surface area contributed by atoms with Crippen molar-refractivity contribution in [3.05, 3.63) is 34.9 Å². The van der Waals surface area contributed by atoms with Crippen molar-refractivity contribution < 1.29 is 4.74 Å². The Hall–Kier alpha value is -0.900. The molecule has 0 aliphatic carbocycles. The van der Waals surface area contributed by atoms with Gasteiger partial charge in [0.05, 0.1) is 12.7 Å². The van der Waals surface area contributed by atoms with E-state index in [4.69, 9.17) is 10.5 Å². The molecule has 1 aliphatic rings. The highest BCUT2D eigenvalue weighted by molar-refractivity contribution is 5.31. The first-order valence-corrected chi connectivity index (χ1v) is 7.64. The molecular weight excluding hydrogens is 248 g/mol. The number of hydrogen-bond donors (Lipinski definition) is 1. The van der Waals surface area contributed by atoms with E-state index < -0.39 is 0 Å². The van der Waals surface area contributed by atoms with Crippen molar-refractivity contribution >= 4 is 0 Å². The Balaban J connectivity index is 2.00. The number of nitrogens with zero attached hydrogens (tertiary/aromatic N) is 1. The molecule has 1 saturated heterocycles. The van der Waals surface area contributed by atoms with Crippen LogP contribution in [0.2, 0.25) is 0 Å². The number of hydrogen-bond acceptors (Lipinski definition) is 3. The molecule has 0 bridgehead atoms. The first-order valence-electron chi connectivity index (χ1n) is 7.64. The second kappa shape index (κ2) is 6.70. The number of rotatable bonds is 4. The molecule has 1 fully saturated rings. The van der Waals surface area contributed by atoms with E-state index in [1.807, 2.05) is 0 Å². The van der Waals surface area contributed by atoms with Gasteiger partial charge in [0.1, 0.15) is 0 Å². The minimum absolute atomic E-state index is 0.0667. The summed E-state index contributed by atoms with van der Waals surface area (Å²) in [4.78, 5) is 2.46. The van der Waals surface area contributed by atoms with E-state index in [0.29, 0.717) is 6.04 Å². The van der Waals surface area contributed by atoms with Crippen LogP contribution in [0.3, 0.4) is 0 Å². The van der Waals surface area contributed by atoms with Gasteiger partial charge < -0.3 is 10.5 Å². The third-order valence-corrected chi connectivity index (χ3v) is 4.29. The molecule has 0 spiro atoms. The summed E-state index contributed by atoms with van der Waals surface area (Å²) in [6, 6.07) is 7.21. The van der Waals surface area contributed by atoms with Crippen LogP contribution in [0, 0.1) is 13.8 Å². The maximum atomic E-state index is 6.41. The second-order valence-corrected chi connectivity index (χ2v) is 6.30. The van der Waals surface area contributed by atoms with Gasteiger partial charge in [-0.15, -0.1) is 0 Å². The fourth-order valence-corrected chi connectivity index (χ4v) is 2.83. The Morgan fingerprint density at radius 1 is 1.35 bits per heavy atom. The van der Waals surface area contributed by atoms with Crippen molar-refractivity contribution in [3.8, 4) is 0 Å². The van der Waals surface area contributed by atoms with Gasteiger partial charge in [-0.05, 0) is 45.2 Å². The van der Waals surface area contributed by atoms with Crippen LogP contribution in [0.5, 0.6) is 0 Å². The van der Waals surface area contributed by atoms with Gasteiger partial charge in [-0.3, -0.25) is 4.90 Å². The zero-order valence-electron chi connectivity index (χ0n) is 13.2. The third kappa shape index (κ3) is 3.81. The average Bonchev–Trinajstić information content (AvgIpc) is 2.43. The first kappa shape index (κ1) is 15.5. The van der Waals surface area contributed by atoms with Gasteiger partial charge in [0, 0.05) is 25.2 Å². The van der Waals surface area contributed by atoms with Crippen LogP contribution in [0.4, 0.5) is 0 Å². The molecule has 2 unspecified atom stereocenters. The number of benzene rings is 1. The molecule has 1 heterocycles. The first-order chi connectivity index (χ1) is 9.47. The Labute approximate surface area is 123 Å². The molecule has 0 aromatic heterocycles. The minimum Gasteiger partial charge on any atom is -0.374 e. The second-order valence-electron chi connectivity index (χ2n) is 6.30. The van der Waals surface area contributed by atoms with E-state index in [-0.39, 0.29) is 12.1 Å². The van der Waals surface area contributed by atoms with E-state index >= 15 is 0 Å². The van der Waals surface area contributed by atoms with Gasteiger partial charge in [-0.1, -0.05) is 23.8 Å². The number of morpholine rings is 1. The van der Waals surface area contributed by atoms with Crippen LogP contribution >= 0.6 is 0 Å². The molecule has 1 aliphatic heterocycles. The Morgan fingerprint density at radius 3 is 2.80 bits per heavy atom. The highest BCUT2D eigenvalue weighted by Gasteiger charge is 2.27. The van der Waals surface area contributed by atoms with Gasteiger partial charge in [0.15, 0.2) is 0 Å². The topological polar surface area (TPSA) is 38.5 Å². The lowest BCUT2D eigenvalue weighted by atomic mass is 9.96. The SMILES string of the molecule is Cc1ccc(C)c(CC(N)C2CN(C(C)C)CCO2)c1. The van der Waals surface area contributed by atoms with Crippen LogP contribution in [0.25, 0.3) is 0 Å². The smallest absolute Gasteiger partial charge is 0.0856 e. The Bertz CT molecular complexity index is 445. The highest BCUT2D eigenvalue weighted by Crippen LogP contribution is 2.17. The lowest BCUT2D eigenvalue weighted by molar-refractivity contribution is -0.0495. The minimum atomic E-state index is 0.0667. The quantitative estimate of drug-likeness (QED) is 0.917. The molecular formula is C17H28N2O. The van der Waals surface area contributed by atoms with Crippen molar-refractivity contribution in [1.82, 2.24) is 4.90 Å². The highest BCUT2D eigenvalue weighted by atomic mass is 16.5. The summed E-state index contributed by atoms with van der Waals surface area (Å²) >= 11 is 0. The fourth-order valence-electron chi connectivity index (χ4n) is 2.83. The lowest BCUT2D eigenvalue weighted by Crippen LogP contribution is -2.53. The largest absolute Gasteiger partial charge is 0.374 e. The number of nitrogens with two attached hydrogens (primary N) is 1. The van der Waals surface area contributed by atoms with Crippen molar-refractivity contribution in [2.45, 2.75) is 52.3 Å². The van der Waals surface area contributed by atoms with Crippen molar-refractivity contribution in [2.24, 2.45) is 5.73 Å². The van der Waals surface area contributed by atoms with E-state index in [0.717, 1.165) is 26.1 Å². The summed E-state index contributed by atoms with van der Waals surface area (Å²) in [7, 11) is 0. The third-order valence-electron chi connectivity index (χ3n) is 4.29. The van der Waals surface area contributed by atoms with Crippen LogP contribution in [-0.2, 0) is 11.2 Å². The van der Waals surface area contributed by atoms with Crippen molar-refractivity contribution in [1.29, 1.82) is 0 Å². The van der Waals surface area contributed by atoms with Gasteiger partial charge in [-0.25, -0.2) is 0 Å². The summed E-state index contributed by atoms with van der Waals surface area (Å²) in [5.41, 5.74) is 10.4. The molecule has 1 aromatic rings. The van der Waals surface area contributed by atoms with E-state index in [9.17, 15) is 0 Å².